The van der Waals surface area contributed by atoms with E-state index in [1.54, 1.807) is 18.1 Å². The lowest BCUT2D eigenvalue weighted by molar-refractivity contribution is -0.272. The minimum absolute atomic E-state index is 0.247. The quantitative estimate of drug-likeness (QED) is 0.519. The van der Waals surface area contributed by atoms with Gasteiger partial charge in [0, 0.05) is 64.9 Å². The lowest BCUT2D eigenvalue weighted by atomic mass is 9.98. The Kier molecular flexibility index (Phi) is 7.23. The zero-order valence-electron chi connectivity index (χ0n) is 16.8. The van der Waals surface area contributed by atoms with E-state index in [9.17, 15) is 18.3 Å². The molecule has 1 atom stereocenters. The van der Waals surface area contributed by atoms with Gasteiger partial charge in [-0.15, -0.1) is 0 Å². The molecule has 0 aromatic carbocycles. The summed E-state index contributed by atoms with van der Waals surface area (Å²) in [4.78, 5) is 9.75. The summed E-state index contributed by atoms with van der Waals surface area (Å²) in [5.41, 5.74) is -2.17. The third-order valence-corrected chi connectivity index (χ3v) is 4.77. The fourth-order valence-electron chi connectivity index (χ4n) is 2.98. The molecule has 0 saturated carbocycles. The summed E-state index contributed by atoms with van der Waals surface area (Å²) < 4.78 is 43.9. The molecule has 1 unspecified atom stereocenters. The summed E-state index contributed by atoms with van der Waals surface area (Å²) in [5, 5.41) is 14.1. The van der Waals surface area contributed by atoms with Crippen LogP contribution in [0.15, 0.2) is 29.6 Å². The van der Waals surface area contributed by atoms with Crippen molar-refractivity contribution < 1.29 is 18.3 Å². The van der Waals surface area contributed by atoms with Gasteiger partial charge in [0.05, 0.1) is 11.6 Å². The van der Waals surface area contributed by atoms with Crippen LogP contribution >= 0.6 is 11.6 Å². The molecule has 0 saturated heterocycles. The van der Waals surface area contributed by atoms with Crippen molar-refractivity contribution in [2.24, 2.45) is 19.1 Å². The van der Waals surface area contributed by atoms with Crippen LogP contribution in [0, 0.1) is 0 Å². The topological polar surface area (TPSA) is 70.6 Å². The second-order valence-electron chi connectivity index (χ2n) is 6.82. The van der Waals surface area contributed by atoms with Gasteiger partial charge < -0.3 is 24.5 Å². The average Bonchev–Trinajstić information content (AvgIpc) is 3.18. The van der Waals surface area contributed by atoms with E-state index in [0.717, 1.165) is 10.3 Å². The Morgan fingerprint density at radius 3 is 2.52 bits per heavy atom. The third kappa shape index (κ3) is 5.24. The van der Waals surface area contributed by atoms with Gasteiger partial charge in [-0.1, -0.05) is 11.6 Å². The average molecular weight is 435 g/mol. The van der Waals surface area contributed by atoms with Gasteiger partial charge in [0.25, 0.3) is 0 Å². The van der Waals surface area contributed by atoms with Crippen molar-refractivity contribution in [3.63, 3.8) is 0 Å². The van der Waals surface area contributed by atoms with E-state index in [1.165, 1.54) is 19.4 Å². The highest BCUT2D eigenvalue weighted by Gasteiger charge is 2.57. The number of guanidine groups is 1. The van der Waals surface area contributed by atoms with Crippen molar-refractivity contribution in [1.82, 2.24) is 24.3 Å². The van der Waals surface area contributed by atoms with Crippen LogP contribution in [-0.2, 0) is 26.2 Å². The van der Waals surface area contributed by atoms with Crippen LogP contribution in [0.25, 0.3) is 0 Å². The zero-order chi connectivity index (χ0) is 21.8. The molecule has 2 rings (SSSR count). The third-order valence-electron chi connectivity index (χ3n) is 4.57. The molecular formula is C18H26ClF3N6O. The predicted octanol–water partition coefficient (Wildman–Crippen LogP) is 2.65. The highest BCUT2D eigenvalue weighted by atomic mass is 35.5. The standard InChI is InChI=1S/C18H26ClF3N6O/c1-5-23-16(28(4)12-14-10-13(19)11-27(14)3)25-7-6-17(29,18(20,21)22)15-24-8-9-26(15)2/h8-11,29H,5-7,12H2,1-4H3,(H,23,25). The number of aliphatic imine (C=N–C) groups is 1. The van der Waals surface area contributed by atoms with Gasteiger partial charge in [-0.2, -0.15) is 13.2 Å². The first-order chi connectivity index (χ1) is 13.5. The van der Waals surface area contributed by atoms with E-state index >= 15 is 0 Å². The molecule has 11 heteroatoms. The largest absolute Gasteiger partial charge is 0.424 e. The molecule has 29 heavy (non-hydrogen) atoms. The molecule has 162 valence electrons. The summed E-state index contributed by atoms with van der Waals surface area (Å²) in [6.07, 6.45) is -1.19. The van der Waals surface area contributed by atoms with Crippen LogP contribution < -0.4 is 5.32 Å². The van der Waals surface area contributed by atoms with E-state index in [0.29, 0.717) is 24.1 Å². The Hall–Kier alpha value is -2.20. The van der Waals surface area contributed by atoms with Gasteiger partial charge >= 0.3 is 6.18 Å². The van der Waals surface area contributed by atoms with Gasteiger partial charge in [0.1, 0.15) is 5.82 Å². The van der Waals surface area contributed by atoms with Gasteiger partial charge in [-0.25, -0.2) is 4.98 Å². The van der Waals surface area contributed by atoms with Crippen molar-refractivity contribution in [3.05, 3.63) is 41.2 Å². The Labute approximate surface area is 172 Å². The summed E-state index contributed by atoms with van der Waals surface area (Å²) in [7, 11) is 5.04. The van der Waals surface area contributed by atoms with E-state index in [1.807, 2.05) is 24.6 Å². The molecular weight excluding hydrogens is 409 g/mol. The van der Waals surface area contributed by atoms with Gasteiger partial charge in [-0.05, 0) is 13.0 Å². The van der Waals surface area contributed by atoms with Crippen molar-refractivity contribution in [2.75, 3.05) is 20.1 Å². The molecule has 2 heterocycles. The maximum absolute atomic E-state index is 13.6. The molecule has 0 fully saturated rings. The second kappa shape index (κ2) is 9.08. The molecule has 2 N–H and O–H groups in total. The van der Waals surface area contributed by atoms with Crippen molar-refractivity contribution in [1.29, 1.82) is 0 Å². The molecule has 0 aliphatic carbocycles. The maximum Gasteiger partial charge on any atom is 0.424 e. The fraction of sp³-hybridized carbons (Fsp3) is 0.556. The molecule has 0 spiro atoms. The summed E-state index contributed by atoms with van der Waals surface area (Å²) in [6.45, 7) is 2.62. The molecule has 2 aromatic rings. The summed E-state index contributed by atoms with van der Waals surface area (Å²) in [5.74, 6) is -0.0359. The number of aliphatic hydroxyl groups is 1. The number of nitrogens with zero attached hydrogens (tertiary/aromatic N) is 5. The number of hydrogen-bond donors (Lipinski definition) is 2. The number of halogens is 4. The molecule has 0 bridgehead atoms. The minimum atomic E-state index is -4.88. The molecule has 7 nitrogen and oxygen atoms in total. The monoisotopic (exact) mass is 434 g/mol. The first-order valence-electron chi connectivity index (χ1n) is 9.06. The van der Waals surface area contributed by atoms with E-state index in [4.69, 9.17) is 11.6 Å². The number of aryl methyl sites for hydroxylation is 2. The zero-order valence-corrected chi connectivity index (χ0v) is 17.6. The summed E-state index contributed by atoms with van der Waals surface area (Å²) >= 11 is 6.00. The van der Waals surface area contributed by atoms with Gasteiger partial charge in [-0.3, -0.25) is 4.99 Å². The van der Waals surface area contributed by atoms with Crippen LogP contribution in [0.5, 0.6) is 0 Å². The van der Waals surface area contributed by atoms with Gasteiger partial charge in [0.15, 0.2) is 5.96 Å². The van der Waals surface area contributed by atoms with Crippen LogP contribution in [0.2, 0.25) is 5.02 Å². The minimum Gasteiger partial charge on any atom is -0.374 e. The van der Waals surface area contributed by atoms with Crippen LogP contribution in [0.1, 0.15) is 24.9 Å². The first kappa shape index (κ1) is 23.1. The first-order valence-corrected chi connectivity index (χ1v) is 9.44. The number of nitrogens with one attached hydrogen (secondary N) is 1. The van der Waals surface area contributed by atoms with E-state index in [2.05, 4.69) is 15.3 Å². The van der Waals surface area contributed by atoms with Crippen molar-refractivity contribution in [2.45, 2.75) is 31.7 Å². The normalized spacial score (nSPS) is 14.7. The number of aromatic nitrogens is 3. The molecule has 2 aromatic heterocycles. The fourth-order valence-corrected chi connectivity index (χ4v) is 3.25. The highest BCUT2D eigenvalue weighted by Crippen LogP contribution is 2.40. The maximum atomic E-state index is 13.6. The molecule has 0 amide bonds. The van der Waals surface area contributed by atoms with Crippen LogP contribution in [0.3, 0.4) is 0 Å². The molecule has 0 radical (unpaired) electrons. The number of imidazole rings is 1. The molecule has 0 aliphatic heterocycles. The van der Waals surface area contributed by atoms with Crippen LogP contribution in [-0.4, -0.2) is 56.4 Å². The lowest BCUT2D eigenvalue weighted by Gasteiger charge is -2.29. The Morgan fingerprint density at radius 2 is 2.03 bits per heavy atom. The van der Waals surface area contributed by atoms with Crippen molar-refractivity contribution >= 4 is 17.6 Å². The van der Waals surface area contributed by atoms with E-state index < -0.39 is 24.0 Å². The van der Waals surface area contributed by atoms with E-state index in [-0.39, 0.29) is 6.54 Å². The predicted molar refractivity (Wildman–Crippen MR) is 106 cm³/mol. The Morgan fingerprint density at radius 1 is 1.34 bits per heavy atom. The highest BCUT2D eigenvalue weighted by molar-refractivity contribution is 6.30. The van der Waals surface area contributed by atoms with Gasteiger partial charge in [0.2, 0.25) is 5.60 Å². The second-order valence-corrected chi connectivity index (χ2v) is 7.26. The summed E-state index contributed by atoms with van der Waals surface area (Å²) in [6, 6.07) is 1.81. The Bertz CT molecular complexity index is 847. The SMILES string of the molecule is CCNC(=NCCC(O)(c1nccn1C)C(F)(F)F)N(C)Cc1cc(Cl)cn1C. The lowest BCUT2D eigenvalue weighted by Crippen LogP contribution is -2.45. The number of alkyl halides is 3. The Balaban J connectivity index is 2.18. The molecule has 0 aliphatic rings. The number of hydrogen-bond acceptors (Lipinski definition) is 3. The number of rotatable bonds is 7. The van der Waals surface area contributed by atoms with Crippen molar-refractivity contribution in [3.8, 4) is 0 Å². The van der Waals surface area contributed by atoms with Crippen LogP contribution in [0.4, 0.5) is 13.2 Å². The smallest absolute Gasteiger partial charge is 0.374 e.